The Kier molecular flexibility index (Phi) is 8.13. The smallest absolute Gasteiger partial charge is 0.408 e. The van der Waals surface area contributed by atoms with E-state index in [0.29, 0.717) is 24.7 Å². The fourth-order valence-electron chi connectivity index (χ4n) is 2.79. The number of ether oxygens (including phenoxy) is 4. The van der Waals surface area contributed by atoms with Crippen LogP contribution in [-0.2, 0) is 20.8 Å². The average Bonchev–Trinajstić information content (AvgIpc) is 3.16. The lowest BCUT2D eigenvalue weighted by molar-refractivity contribution is -0.122. The summed E-state index contributed by atoms with van der Waals surface area (Å²) in [4.78, 5) is 24.0. The summed E-state index contributed by atoms with van der Waals surface area (Å²) >= 11 is 0. The maximum Gasteiger partial charge on any atom is 0.408 e. The van der Waals surface area contributed by atoms with Crippen molar-refractivity contribution in [1.82, 2.24) is 10.6 Å². The van der Waals surface area contributed by atoms with Gasteiger partial charge >= 0.3 is 6.09 Å². The summed E-state index contributed by atoms with van der Waals surface area (Å²) in [6, 6.07) is 4.77. The van der Waals surface area contributed by atoms with Gasteiger partial charge in [-0.3, -0.25) is 4.79 Å². The third kappa shape index (κ3) is 7.81. The normalized spacial score (nSPS) is 17.3. The molecule has 162 valence electrons. The highest BCUT2D eigenvalue weighted by Gasteiger charge is 2.21. The highest BCUT2D eigenvalue weighted by molar-refractivity contribution is 5.85. The minimum absolute atomic E-state index is 0.123. The molecule has 0 bridgehead atoms. The Hall–Kier alpha value is -2.48. The summed E-state index contributed by atoms with van der Waals surface area (Å²) in [5.74, 6) is 0.918. The van der Waals surface area contributed by atoms with Crippen LogP contribution in [0.3, 0.4) is 0 Å². The van der Waals surface area contributed by atoms with Crippen LogP contribution in [0.5, 0.6) is 11.5 Å². The molecule has 8 nitrogen and oxygen atoms in total. The van der Waals surface area contributed by atoms with Gasteiger partial charge in [-0.2, -0.15) is 0 Å². The van der Waals surface area contributed by atoms with Crippen LogP contribution < -0.4 is 20.1 Å². The summed E-state index contributed by atoms with van der Waals surface area (Å²) in [7, 11) is 1.57. The lowest BCUT2D eigenvalue weighted by atomic mass is 10.2. The van der Waals surface area contributed by atoms with Crippen LogP contribution in [0.1, 0.15) is 46.1 Å². The van der Waals surface area contributed by atoms with E-state index in [2.05, 4.69) is 10.6 Å². The summed E-state index contributed by atoms with van der Waals surface area (Å²) in [6.45, 7) is 8.45. The van der Waals surface area contributed by atoms with E-state index in [4.69, 9.17) is 18.9 Å². The van der Waals surface area contributed by atoms with Gasteiger partial charge in [-0.15, -0.1) is 0 Å². The topological polar surface area (TPSA) is 95.1 Å². The molecule has 2 rings (SSSR count). The Morgan fingerprint density at radius 1 is 1.28 bits per heavy atom. The van der Waals surface area contributed by atoms with Crippen molar-refractivity contribution in [2.45, 2.75) is 64.8 Å². The molecule has 0 spiro atoms. The van der Waals surface area contributed by atoms with Crippen LogP contribution in [-0.4, -0.2) is 50.1 Å². The van der Waals surface area contributed by atoms with Gasteiger partial charge in [0.25, 0.3) is 0 Å². The Bertz CT molecular complexity index is 695. The number of alkyl carbamates (subject to hydrolysis) is 1. The van der Waals surface area contributed by atoms with Gasteiger partial charge in [-0.25, -0.2) is 4.79 Å². The second-order valence-electron chi connectivity index (χ2n) is 8.02. The molecule has 29 heavy (non-hydrogen) atoms. The molecular formula is C21H32N2O6. The van der Waals surface area contributed by atoms with Crippen molar-refractivity contribution in [3.05, 3.63) is 23.8 Å². The molecule has 0 saturated carbocycles. The molecule has 8 heteroatoms. The van der Waals surface area contributed by atoms with E-state index in [1.165, 1.54) is 0 Å². The van der Waals surface area contributed by atoms with E-state index in [9.17, 15) is 9.59 Å². The SMILES string of the molecule is COc1cc(CNC(=O)C(C)NC(=O)OC(C)(C)C)ccc1OCC1CCCO1. The van der Waals surface area contributed by atoms with Crippen molar-refractivity contribution >= 4 is 12.0 Å². The first kappa shape index (κ1) is 22.8. The van der Waals surface area contributed by atoms with E-state index in [1.807, 2.05) is 18.2 Å². The van der Waals surface area contributed by atoms with Gasteiger partial charge in [0, 0.05) is 13.2 Å². The quantitative estimate of drug-likeness (QED) is 0.687. The minimum Gasteiger partial charge on any atom is -0.493 e. The number of benzene rings is 1. The minimum atomic E-state index is -0.722. The van der Waals surface area contributed by atoms with Crippen molar-refractivity contribution in [2.75, 3.05) is 20.3 Å². The molecule has 1 heterocycles. The zero-order chi connectivity index (χ0) is 21.4. The van der Waals surface area contributed by atoms with Gasteiger partial charge in [0.2, 0.25) is 5.91 Å². The van der Waals surface area contributed by atoms with Gasteiger partial charge in [-0.1, -0.05) is 6.07 Å². The van der Waals surface area contributed by atoms with Crippen molar-refractivity contribution in [1.29, 1.82) is 0 Å². The maximum absolute atomic E-state index is 12.2. The fraction of sp³-hybridized carbons (Fsp3) is 0.619. The molecule has 1 fully saturated rings. The maximum atomic E-state index is 12.2. The van der Waals surface area contributed by atoms with Gasteiger partial charge < -0.3 is 29.6 Å². The zero-order valence-electron chi connectivity index (χ0n) is 17.9. The molecular weight excluding hydrogens is 376 g/mol. The first-order chi connectivity index (χ1) is 13.7. The van der Waals surface area contributed by atoms with Gasteiger partial charge in [0.1, 0.15) is 18.2 Å². The second-order valence-corrected chi connectivity index (χ2v) is 8.02. The van der Waals surface area contributed by atoms with Crippen LogP contribution in [0.15, 0.2) is 18.2 Å². The first-order valence-corrected chi connectivity index (χ1v) is 9.86. The van der Waals surface area contributed by atoms with Crippen molar-refractivity contribution in [2.24, 2.45) is 0 Å². The van der Waals surface area contributed by atoms with E-state index in [1.54, 1.807) is 34.8 Å². The van der Waals surface area contributed by atoms with Crippen LogP contribution >= 0.6 is 0 Å². The molecule has 1 aromatic rings. The summed E-state index contributed by atoms with van der Waals surface area (Å²) in [5, 5.41) is 5.31. The number of hydrogen-bond acceptors (Lipinski definition) is 6. The number of amides is 2. The van der Waals surface area contributed by atoms with Crippen LogP contribution in [0.25, 0.3) is 0 Å². The molecule has 1 aromatic carbocycles. The monoisotopic (exact) mass is 408 g/mol. The van der Waals surface area contributed by atoms with Crippen molar-refractivity contribution < 1.29 is 28.5 Å². The highest BCUT2D eigenvalue weighted by Crippen LogP contribution is 2.29. The third-order valence-electron chi connectivity index (χ3n) is 4.27. The number of rotatable bonds is 8. The molecule has 2 unspecified atom stereocenters. The van der Waals surface area contributed by atoms with Gasteiger partial charge in [-0.05, 0) is 58.2 Å². The lowest BCUT2D eigenvalue weighted by Crippen LogP contribution is -2.46. The van der Waals surface area contributed by atoms with E-state index in [-0.39, 0.29) is 12.0 Å². The standard InChI is InChI=1S/C21H32N2O6/c1-14(23-20(25)29-21(2,3)4)19(24)22-12-15-8-9-17(18(11-15)26-5)28-13-16-7-6-10-27-16/h8-9,11,14,16H,6-7,10,12-13H2,1-5H3,(H,22,24)(H,23,25). The Morgan fingerprint density at radius 2 is 2.03 bits per heavy atom. The molecule has 2 atom stereocenters. The Morgan fingerprint density at radius 3 is 2.66 bits per heavy atom. The second kappa shape index (κ2) is 10.3. The lowest BCUT2D eigenvalue weighted by Gasteiger charge is -2.21. The predicted molar refractivity (Wildman–Crippen MR) is 108 cm³/mol. The zero-order valence-corrected chi connectivity index (χ0v) is 17.9. The van der Waals surface area contributed by atoms with Crippen LogP contribution in [0.4, 0.5) is 4.79 Å². The predicted octanol–water partition coefficient (Wildman–Crippen LogP) is 2.78. The molecule has 1 aliphatic rings. The highest BCUT2D eigenvalue weighted by atomic mass is 16.6. The summed E-state index contributed by atoms with van der Waals surface area (Å²) in [6.07, 6.45) is 1.56. The average molecular weight is 408 g/mol. The molecule has 2 N–H and O–H groups in total. The summed E-state index contributed by atoms with van der Waals surface area (Å²) in [5.41, 5.74) is 0.231. The number of nitrogens with one attached hydrogen (secondary N) is 2. The van der Waals surface area contributed by atoms with Gasteiger partial charge in [0.15, 0.2) is 11.5 Å². The molecule has 1 aliphatic heterocycles. The van der Waals surface area contributed by atoms with E-state index >= 15 is 0 Å². The molecule has 1 saturated heterocycles. The number of carbonyl (C=O) groups excluding carboxylic acids is 2. The van der Waals surface area contributed by atoms with Crippen LogP contribution in [0.2, 0.25) is 0 Å². The van der Waals surface area contributed by atoms with Crippen molar-refractivity contribution in [3.8, 4) is 11.5 Å². The van der Waals surface area contributed by atoms with E-state index in [0.717, 1.165) is 25.0 Å². The number of carbonyl (C=O) groups is 2. The summed E-state index contributed by atoms with van der Waals surface area (Å²) < 4.78 is 21.9. The largest absolute Gasteiger partial charge is 0.493 e. The molecule has 2 amide bonds. The molecule has 0 aliphatic carbocycles. The molecule has 0 aromatic heterocycles. The number of methoxy groups -OCH3 is 1. The fourth-order valence-corrected chi connectivity index (χ4v) is 2.79. The number of hydrogen-bond donors (Lipinski definition) is 2. The van der Waals surface area contributed by atoms with Crippen LogP contribution in [0, 0.1) is 0 Å². The Balaban J connectivity index is 1.84. The Labute approximate surface area is 172 Å². The third-order valence-corrected chi connectivity index (χ3v) is 4.27. The van der Waals surface area contributed by atoms with Crippen molar-refractivity contribution in [3.63, 3.8) is 0 Å². The van der Waals surface area contributed by atoms with E-state index < -0.39 is 17.7 Å². The van der Waals surface area contributed by atoms with Gasteiger partial charge in [0.05, 0.1) is 13.2 Å². The molecule has 0 radical (unpaired) electrons. The first-order valence-electron chi connectivity index (χ1n) is 9.86.